The summed E-state index contributed by atoms with van der Waals surface area (Å²) in [6.07, 6.45) is -0.502. The molecule has 1 heterocycles. The van der Waals surface area contributed by atoms with Crippen LogP contribution in [0.1, 0.15) is 41.6 Å². The Morgan fingerprint density at radius 2 is 1.75 bits per heavy atom. The molecule has 4 N–H and O–H groups in total. The van der Waals surface area contributed by atoms with Crippen molar-refractivity contribution in [3.05, 3.63) is 101 Å². The summed E-state index contributed by atoms with van der Waals surface area (Å²) in [5.41, 5.74) is 8.61. The number of hydrogen-bond donors (Lipinski definition) is 3. The number of nitrogens with two attached hydrogens (primary N) is 1. The molecule has 0 saturated carbocycles. The third-order valence-corrected chi connectivity index (χ3v) is 6.31. The summed E-state index contributed by atoms with van der Waals surface area (Å²) < 4.78 is 18.6. The van der Waals surface area contributed by atoms with Gasteiger partial charge < -0.3 is 20.8 Å². The Bertz CT molecular complexity index is 1230. The van der Waals surface area contributed by atoms with Crippen LogP contribution in [0.25, 0.3) is 0 Å². The van der Waals surface area contributed by atoms with Crippen molar-refractivity contribution in [3.63, 3.8) is 0 Å². The molecule has 3 atom stereocenters. The molecular weight excluding hydrogens is 465 g/mol. The van der Waals surface area contributed by atoms with Gasteiger partial charge in [0.15, 0.2) is 0 Å². The van der Waals surface area contributed by atoms with Crippen LogP contribution in [0.3, 0.4) is 0 Å². The fourth-order valence-electron chi connectivity index (χ4n) is 4.34. The minimum atomic E-state index is -0.899. The number of benzene rings is 3. The molecule has 3 aromatic rings. The van der Waals surface area contributed by atoms with Gasteiger partial charge in [0.25, 0.3) is 0 Å². The van der Waals surface area contributed by atoms with Crippen molar-refractivity contribution in [1.82, 2.24) is 4.90 Å². The van der Waals surface area contributed by atoms with E-state index in [1.54, 1.807) is 12.1 Å². The maximum Gasteiger partial charge on any atom is 0.417 e. The number of amides is 2. The Morgan fingerprint density at radius 3 is 2.39 bits per heavy atom. The lowest BCUT2D eigenvalue weighted by Gasteiger charge is -2.29. The van der Waals surface area contributed by atoms with Crippen LogP contribution in [-0.2, 0) is 9.53 Å². The van der Waals surface area contributed by atoms with E-state index < -0.39 is 35.8 Å². The Labute approximate surface area is 207 Å². The number of hydrogen-bond acceptors (Lipinski definition) is 7. The number of imide groups is 1. The van der Waals surface area contributed by atoms with Gasteiger partial charge in [-0.3, -0.25) is 4.79 Å². The first kappa shape index (κ1) is 24.9. The van der Waals surface area contributed by atoms with Gasteiger partial charge in [0.1, 0.15) is 24.2 Å². The number of ether oxygens (including phenoxy) is 1. The fourth-order valence-corrected chi connectivity index (χ4v) is 4.34. The minimum absolute atomic E-state index is 0.0225. The van der Waals surface area contributed by atoms with E-state index >= 15 is 0 Å². The lowest BCUT2D eigenvalue weighted by Crippen LogP contribution is -2.42. The highest BCUT2D eigenvalue weighted by Crippen LogP contribution is 2.34. The van der Waals surface area contributed by atoms with Gasteiger partial charge in [-0.25, -0.2) is 14.1 Å². The number of cyclic esters (lactones) is 1. The average Bonchev–Trinajstić information content (AvgIpc) is 3.29. The smallest absolute Gasteiger partial charge is 0.417 e. The van der Waals surface area contributed by atoms with Crippen LogP contribution in [0.5, 0.6) is 5.75 Å². The molecule has 186 valence electrons. The van der Waals surface area contributed by atoms with E-state index in [1.807, 2.05) is 30.3 Å². The SMILES string of the molecule is NC(c1ccc(O)cc1)C(CC/C(=N/O)c1ccc(F)cc1)C(=O)N1C(=O)OC[C@@H]1c1ccccc1. The molecule has 0 aromatic heterocycles. The second-order valence-electron chi connectivity index (χ2n) is 8.53. The largest absolute Gasteiger partial charge is 0.508 e. The van der Waals surface area contributed by atoms with Gasteiger partial charge in [-0.15, -0.1) is 0 Å². The zero-order chi connectivity index (χ0) is 25.7. The van der Waals surface area contributed by atoms with E-state index in [0.29, 0.717) is 11.1 Å². The summed E-state index contributed by atoms with van der Waals surface area (Å²) in [7, 11) is 0. The summed E-state index contributed by atoms with van der Waals surface area (Å²) in [5.74, 6) is -1.81. The number of rotatable bonds is 8. The molecule has 3 aromatic carbocycles. The van der Waals surface area contributed by atoms with Crippen molar-refractivity contribution in [3.8, 4) is 5.75 Å². The molecule has 1 saturated heterocycles. The molecule has 4 rings (SSSR count). The molecule has 36 heavy (non-hydrogen) atoms. The first-order chi connectivity index (χ1) is 17.4. The van der Waals surface area contributed by atoms with E-state index in [9.17, 15) is 24.3 Å². The molecule has 8 nitrogen and oxygen atoms in total. The highest BCUT2D eigenvalue weighted by atomic mass is 19.1. The molecule has 0 bridgehead atoms. The second-order valence-corrected chi connectivity index (χ2v) is 8.53. The third kappa shape index (κ3) is 5.36. The van der Waals surface area contributed by atoms with Crippen LogP contribution in [0, 0.1) is 11.7 Å². The molecule has 1 fully saturated rings. The first-order valence-corrected chi connectivity index (χ1v) is 11.4. The van der Waals surface area contributed by atoms with Crippen molar-refractivity contribution in [1.29, 1.82) is 0 Å². The van der Waals surface area contributed by atoms with Gasteiger partial charge in [0, 0.05) is 6.04 Å². The predicted octanol–water partition coefficient (Wildman–Crippen LogP) is 4.53. The molecule has 1 aliphatic heterocycles. The number of nitrogens with zero attached hydrogens (tertiary/aromatic N) is 2. The normalized spacial score (nSPS) is 17.5. The van der Waals surface area contributed by atoms with Gasteiger partial charge in [-0.2, -0.15) is 0 Å². The maximum atomic E-state index is 13.8. The predicted molar refractivity (Wildman–Crippen MR) is 130 cm³/mol. The zero-order valence-electron chi connectivity index (χ0n) is 19.3. The first-order valence-electron chi connectivity index (χ1n) is 11.4. The third-order valence-electron chi connectivity index (χ3n) is 6.31. The van der Waals surface area contributed by atoms with Gasteiger partial charge in [-0.1, -0.05) is 59.8 Å². The van der Waals surface area contributed by atoms with E-state index in [2.05, 4.69) is 5.16 Å². The summed E-state index contributed by atoms with van der Waals surface area (Å²) in [6.45, 7) is 0.0225. The lowest BCUT2D eigenvalue weighted by atomic mass is 9.86. The molecule has 0 aliphatic carbocycles. The van der Waals surface area contributed by atoms with Crippen molar-refractivity contribution in [2.24, 2.45) is 16.8 Å². The molecule has 9 heteroatoms. The Kier molecular flexibility index (Phi) is 7.60. The molecule has 1 aliphatic rings. The second kappa shape index (κ2) is 11.0. The summed E-state index contributed by atoms with van der Waals surface area (Å²) in [5, 5.41) is 22.6. The van der Waals surface area contributed by atoms with Gasteiger partial charge in [-0.05, 0) is 53.8 Å². The van der Waals surface area contributed by atoms with Crippen LogP contribution < -0.4 is 5.73 Å². The fraction of sp³-hybridized carbons (Fsp3) is 0.222. The van der Waals surface area contributed by atoms with Crippen molar-refractivity contribution < 1.29 is 29.0 Å². The van der Waals surface area contributed by atoms with Crippen LogP contribution in [0.4, 0.5) is 9.18 Å². The monoisotopic (exact) mass is 491 g/mol. The van der Waals surface area contributed by atoms with E-state index in [0.717, 1.165) is 10.5 Å². The van der Waals surface area contributed by atoms with E-state index in [-0.39, 0.29) is 30.9 Å². The standard InChI is InChI=1S/C27H26FN3O5/c28-20-10-6-17(7-11-20)23(30-35)15-14-22(25(29)19-8-12-21(32)13-9-19)26(33)31-24(16-36-27(31)34)18-4-2-1-3-5-18/h1-13,22,24-25,32,35H,14-16,29H2/b30-23-/t22?,24-,25?/m1/s1. The Morgan fingerprint density at radius 1 is 1.08 bits per heavy atom. The molecule has 0 radical (unpaired) electrons. The van der Waals surface area contributed by atoms with Crippen LogP contribution in [0.15, 0.2) is 84.0 Å². The molecule has 0 spiro atoms. The zero-order valence-corrected chi connectivity index (χ0v) is 19.3. The summed E-state index contributed by atoms with van der Waals surface area (Å²) in [6, 6.07) is 19.2. The van der Waals surface area contributed by atoms with Crippen molar-refractivity contribution in [2.45, 2.75) is 24.9 Å². The van der Waals surface area contributed by atoms with Crippen LogP contribution in [0.2, 0.25) is 0 Å². The Balaban J connectivity index is 1.64. The topological polar surface area (TPSA) is 125 Å². The number of oxime groups is 1. The quantitative estimate of drug-likeness (QED) is 0.242. The van der Waals surface area contributed by atoms with Gasteiger partial charge in [0.05, 0.1) is 11.6 Å². The molecule has 2 unspecified atom stereocenters. The highest BCUT2D eigenvalue weighted by Gasteiger charge is 2.43. The molecular formula is C27H26FN3O5. The minimum Gasteiger partial charge on any atom is -0.508 e. The van der Waals surface area contributed by atoms with Gasteiger partial charge >= 0.3 is 6.09 Å². The lowest BCUT2D eigenvalue weighted by molar-refractivity contribution is -0.134. The maximum absolute atomic E-state index is 13.8. The molecule has 2 amide bonds. The van der Waals surface area contributed by atoms with Gasteiger partial charge in [0.2, 0.25) is 5.91 Å². The number of phenolic OH excluding ortho intramolecular Hbond substituents is 1. The van der Waals surface area contributed by atoms with Crippen molar-refractivity contribution >= 4 is 17.7 Å². The average molecular weight is 492 g/mol. The summed E-state index contributed by atoms with van der Waals surface area (Å²) in [4.78, 5) is 27.6. The number of halogens is 1. The highest BCUT2D eigenvalue weighted by molar-refractivity contribution is 6.01. The number of phenols is 1. The van der Waals surface area contributed by atoms with Crippen LogP contribution >= 0.6 is 0 Å². The van der Waals surface area contributed by atoms with E-state index in [4.69, 9.17) is 10.5 Å². The van der Waals surface area contributed by atoms with Crippen LogP contribution in [-0.4, -0.2) is 39.5 Å². The number of carbonyl (C=O) groups excluding carboxylic acids is 2. The number of carbonyl (C=O) groups is 2. The van der Waals surface area contributed by atoms with E-state index in [1.165, 1.54) is 36.4 Å². The Hall–Kier alpha value is -4.24. The number of aromatic hydroxyl groups is 1. The van der Waals surface area contributed by atoms with Crippen molar-refractivity contribution in [2.75, 3.05) is 6.61 Å². The summed E-state index contributed by atoms with van der Waals surface area (Å²) >= 11 is 0.